The van der Waals surface area contributed by atoms with E-state index in [1.807, 2.05) is 0 Å². The number of rotatable bonds is 17. The quantitative estimate of drug-likeness (QED) is 0.360. The lowest BCUT2D eigenvalue weighted by Crippen LogP contribution is -2.09. The molecule has 3 N–H and O–H groups in total. The molecule has 1 aromatic rings. The second kappa shape index (κ2) is 15.1. The lowest BCUT2D eigenvalue weighted by Gasteiger charge is -2.06. The number of nitrogens with two attached hydrogens (primary N) is 1. The van der Waals surface area contributed by atoms with Crippen LogP contribution in [0, 0.1) is 0 Å². The summed E-state index contributed by atoms with van der Waals surface area (Å²) in [6, 6.07) is 6.56. The van der Waals surface area contributed by atoms with Crippen molar-refractivity contribution in [1.82, 2.24) is 0 Å². The summed E-state index contributed by atoms with van der Waals surface area (Å²) in [5.74, 6) is -0.368. The fourth-order valence-electron chi connectivity index (χ4n) is 3.05. The van der Waals surface area contributed by atoms with Gasteiger partial charge in [0, 0.05) is 6.42 Å². The average Bonchev–Trinajstić information content (AvgIpc) is 2.65. The summed E-state index contributed by atoms with van der Waals surface area (Å²) >= 11 is 0. The number of ether oxygens (including phenoxy) is 1. The van der Waals surface area contributed by atoms with E-state index in [4.69, 9.17) is 15.6 Å². The zero-order valence-electron chi connectivity index (χ0n) is 16.5. The Morgan fingerprint density at radius 3 is 1.63 bits per heavy atom. The van der Waals surface area contributed by atoms with Crippen molar-refractivity contribution in [2.75, 3.05) is 6.61 Å². The van der Waals surface area contributed by atoms with Crippen molar-refractivity contribution < 1.29 is 19.4 Å². The average molecular weight is 378 g/mol. The normalized spacial score (nSPS) is 10.7. The van der Waals surface area contributed by atoms with E-state index in [1.165, 1.54) is 57.8 Å². The minimum absolute atomic E-state index is 0.184. The Hall–Kier alpha value is -2.04. The minimum atomic E-state index is -0.915. The summed E-state index contributed by atoms with van der Waals surface area (Å²) in [6.07, 6.45) is 15.0. The molecule has 5 nitrogen and oxygen atoms in total. The van der Waals surface area contributed by atoms with Gasteiger partial charge in [-0.25, -0.2) is 4.79 Å². The van der Waals surface area contributed by atoms with Gasteiger partial charge in [0.05, 0.1) is 12.2 Å². The number of benzene rings is 1. The molecule has 0 spiro atoms. The fraction of sp³-hybridized carbons (Fsp3) is 0.636. The Balaban J connectivity index is 1.82. The maximum absolute atomic E-state index is 10.8. The van der Waals surface area contributed by atoms with Gasteiger partial charge in [-0.05, 0) is 37.1 Å². The van der Waals surface area contributed by atoms with E-state index in [0.717, 1.165) is 25.0 Å². The van der Waals surface area contributed by atoms with E-state index >= 15 is 0 Å². The minimum Gasteiger partial charge on any atom is -0.494 e. The van der Waals surface area contributed by atoms with Gasteiger partial charge in [-0.2, -0.15) is 0 Å². The molecule has 0 aromatic heterocycles. The molecule has 0 aliphatic carbocycles. The van der Waals surface area contributed by atoms with Crippen LogP contribution in [0.3, 0.4) is 0 Å². The van der Waals surface area contributed by atoms with Crippen molar-refractivity contribution >= 4 is 11.9 Å². The molecule has 0 aliphatic heterocycles. The molecule has 1 amide bonds. The largest absolute Gasteiger partial charge is 0.494 e. The lowest BCUT2D eigenvalue weighted by atomic mass is 10.0. The first-order valence-corrected chi connectivity index (χ1v) is 10.3. The summed E-state index contributed by atoms with van der Waals surface area (Å²) in [5.41, 5.74) is 5.40. The number of carboxylic acid groups (broad SMARTS) is 1. The highest BCUT2D eigenvalue weighted by Gasteiger charge is 2.02. The molecule has 0 bridgehead atoms. The molecule has 1 aromatic carbocycles. The Bertz CT molecular complexity index is 528. The maximum Gasteiger partial charge on any atom is 0.335 e. The first-order chi connectivity index (χ1) is 13.1. The summed E-state index contributed by atoms with van der Waals surface area (Å²) in [5, 5.41) is 8.85. The molecule has 0 atom stereocenters. The van der Waals surface area contributed by atoms with Crippen LogP contribution >= 0.6 is 0 Å². The number of amides is 1. The van der Waals surface area contributed by atoms with E-state index in [2.05, 4.69) is 0 Å². The number of carbonyl (C=O) groups is 2. The molecular formula is C22H35NO4. The Morgan fingerprint density at radius 2 is 1.19 bits per heavy atom. The van der Waals surface area contributed by atoms with Crippen LogP contribution in [-0.4, -0.2) is 23.6 Å². The van der Waals surface area contributed by atoms with Crippen LogP contribution in [0.2, 0.25) is 0 Å². The molecule has 0 aliphatic rings. The molecule has 152 valence electrons. The van der Waals surface area contributed by atoms with Gasteiger partial charge in [-0.3, -0.25) is 4.79 Å². The third kappa shape index (κ3) is 12.9. The van der Waals surface area contributed by atoms with Crippen molar-refractivity contribution in [3.63, 3.8) is 0 Å². The third-order valence-electron chi connectivity index (χ3n) is 4.69. The van der Waals surface area contributed by atoms with E-state index in [1.54, 1.807) is 24.3 Å². The summed E-state index contributed by atoms with van der Waals surface area (Å²) in [4.78, 5) is 21.4. The van der Waals surface area contributed by atoms with Crippen molar-refractivity contribution in [3.8, 4) is 5.75 Å². The second-order valence-corrected chi connectivity index (χ2v) is 7.14. The molecular weight excluding hydrogens is 342 g/mol. The highest BCUT2D eigenvalue weighted by Crippen LogP contribution is 2.14. The highest BCUT2D eigenvalue weighted by molar-refractivity contribution is 5.87. The van der Waals surface area contributed by atoms with E-state index < -0.39 is 5.97 Å². The predicted molar refractivity (Wildman–Crippen MR) is 108 cm³/mol. The van der Waals surface area contributed by atoms with E-state index in [9.17, 15) is 9.59 Å². The van der Waals surface area contributed by atoms with E-state index in [-0.39, 0.29) is 11.5 Å². The number of carbonyl (C=O) groups excluding carboxylic acids is 1. The molecule has 0 unspecified atom stereocenters. The molecule has 0 heterocycles. The number of carboxylic acids is 1. The number of hydrogen-bond donors (Lipinski definition) is 2. The standard InChI is InChI=1S/C22H35NO4/c23-21(24)13-11-9-7-5-3-1-2-4-6-8-10-12-18-27-20-16-14-19(15-17-20)22(25)26/h14-17H,1-13,18H2,(H2,23,24)(H,25,26). The molecule has 0 radical (unpaired) electrons. The predicted octanol–water partition coefficient (Wildman–Crippen LogP) is 5.32. The SMILES string of the molecule is NC(=O)CCCCCCCCCCCCCCOc1ccc(C(=O)O)cc1. The van der Waals surface area contributed by atoms with Crippen LogP contribution in [0.1, 0.15) is 93.8 Å². The lowest BCUT2D eigenvalue weighted by molar-refractivity contribution is -0.118. The van der Waals surface area contributed by atoms with Crippen LogP contribution in [0.4, 0.5) is 0 Å². The number of aromatic carboxylic acids is 1. The zero-order valence-corrected chi connectivity index (χ0v) is 16.5. The van der Waals surface area contributed by atoms with E-state index in [0.29, 0.717) is 13.0 Å². The number of hydrogen-bond acceptors (Lipinski definition) is 3. The first kappa shape index (κ1) is 23.0. The van der Waals surface area contributed by atoms with Crippen molar-refractivity contribution in [2.45, 2.75) is 83.5 Å². The van der Waals surface area contributed by atoms with Gasteiger partial charge in [0.25, 0.3) is 0 Å². The Morgan fingerprint density at radius 1 is 0.741 bits per heavy atom. The summed E-state index contributed by atoms with van der Waals surface area (Å²) in [7, 11) is 0. The number of unbranched alkanes of at least 4 members (excludes halogenated alkanes) is 11. The van der Waals surface area contributed by atoms with Crippen LogP contribution in [0.25, 0.3) is 0 Å². The molecule has 5 heteroatoms. The molecule has 0 saturated heterocycles. The Kier molecular flexibility index (Phi) is 12.8. The second-order valence-electron chi connectivity index (χ2n) is 7.14. The van der Waals surface area contributed by atoms with Gasteiger partial charge in [-0.15, -0.1) is 0 Å². The highest BCUT2D eigenvalue weighted by atomic mass is 16.5. The molecule has 0 saturated carbocycles. The van der Waals surface area contributed by atoms with Crippen molar-refractivity contribution in [2.24, 2.45) is 5.73 Å². The molecule has 27 heavy (non-hydrogen) atoms. The van der Waals surface area contributed by atoms with Crippen molar-refractivity contribution in [1.29, 1.82) is 0 Å². The maximum atomic E-state index is 10.8. The van der Waals surface area contributed by atoms with Crippen LogP contribution in [-0.2, 0) is 4.79 Å². The first-order valence-electron chi connectivity index (χ1n) is 10.3. The van der Waals surface area contributed by atoms with Gasteiger partial charge in [-0.1, -0.05) is 64.2 Å². The number of primary amides is 1. The van der Waals surface area contributed by atoms with Crippen LogP contribution in [0.5, 0.6) is 5.75 Å². The monoisotopic (exact) mass is 377 g/mol. The summed E-state index contributed by atoms with van der Waals surface area (Å²) in [6.45, 7) is 0.683. The summed E-state index contributed by atoms with van der Waals surface area (Å²) < 4.78 is 5.64. The van der Waals surface area contributed by atoms with Crippen LogP contribution < -0.4 is 10.5 Å². The fourth-order valence-corrected chi connectivity index (χ4v) is 3.05. The van der Waals surface area contributed by atoms with Crippen LogP contribution in [0.15, 0.2) is 24.3 Å². The molecule has 1 rings (SSSR count). The van der Waals surface area contributed by atoms with Gasteiger partial charge < -0.3 is 15.6 Å². The third-order valence-corrected chi connectivity index (χ3v) is 4.69. The van der Waals surface area contributed by atoms with Gasteiger partial charge in [0.2, 0.25) is 5.91 Å². The Labute approximate surface area is 163 Å². The topological polar surface area (TPSA) is 89.6 Å². The van der Waals surface area contributed by atoms with Crippen molar-refractivity contribution in [3.05, 3.63) is 29.8 Å². The zero-order chi connectivity index (χ0) is 19.7. The van der Waals surface area contributed by atoms with Gasteiger partial charge in [0.1, 0.15) is 5.75 Å². The van der Waals surface area contributed by atoms with Gasteiger partial charge >= 0.3 is 5.97 Å². The van der Waals surface area contributed by atoms with Gasteiger partial charge in [0.15, 0.2) is 0 Å². The smallest absolute Gasteiger partial charge is 0.335 e. The molecule has 0 fully saturated rings.